The number of benzene rings is 1. The lowest BCUT2D eigenvalue weighted by Crippen LogP contribution is -2.31. The molecule has 0 heterocycles. The van der Waals surface area contributed by atoms with Gasteiger partial charge in [-0.25, -0.2) is 0 Å². The zero-order valence-corrected chi connectivity index (χ0v) is 8.56. The Morgan fingerprint density at radius 3 is 2.73 bits per heavy atom. The number of nitrogens with two attached hydrogens (primary N) is 1. The Morgan fingerprint density at radius 2 is 2.13 bits per heavy atom. The topological polar surface area (TPSA) is 52.3 Å². The molecule has 0 radical (unpaired) electrons. The highest BCUT2D eigenvalue weighted by Gasteiger charge is 2.12. The number of hydrogen-bond acceptors (Lipinski definition) is 3. The van der Waals surface area contributed by atoms with Gasteiger partial charge in [0.2, 0.25) is 0 Å². The zero-order valence-electron chi connectivity index (χ0n) is 8.56. The maximum absolute atomic E-state index is 11.3. The molecular formula is C12H15NO2. The van der Waals surface area contributed by atoms with Crippen LogP contribution >= 0.6 is 0 Å². The number of hydrogen-bond donors (Lipinski definition) is 1. The third-order valence-electron chi connectivity index (χ3n) is 1.95. The Bertz CT molecular complexity index is 322. The minimum Gasteiger partial charge on any atom is -0.460 e. The van der Waals surface area contributed by atoms with Crippen LogP contribution in [0, 0.1) is 0 Å². The molecule has 0 fully saturated rings. The quantitative estimate of drug-likeness (QED) is 0.587. The molecule has 1 atom stereocenters. The van der Waals surface area contributed by atoms with Gasteiger partial charge in [0.1, 0.15) is 12.6 Å². The van der Waals surface area contributed by atoms with Gasteiger partial charge in [0.15, 0.2) is 0 Å². The molecule has 0 saturated heterocycles. The standard InChI is InChI=1S/C12H15NO2/c1-2-6-11(13)12(14)15-9-10-7-4-3-5-8-10/h2-5,7-8,11H,1,6,9,13H2/t11-/m0/s1. The lowest BCUT2D eigenvalue weighted by Gasteiger charge is -2.09. The molecule has 0 aliphatic carbocycles. The Kier molecular flexibility index (Phi) is 4.57. The van der Waals surface area contributed by atoms with Crippen LogP contribution in [-0.2, 0) is 16.1 Å². The third-order valence-corrected chi connectivity index (χ3v) is 1.95. The first-order chi connectivity index (χ1) is 7.24. The summed E-state index contributed by atoms with van der Waals surface area (Å²) in [5, 5.41) is 0. The molecule has 15 heavy (non-hydrogen) atoms. The van der Waals surface area contributed by atoms with Crippen LogP contribution in [0.4, 0.5) is 0 Å². The van der Waals surface area contributed by atoms with E-state index < -0.39 is 12.0 Å². The highest BCUT2D eigenvalue weighted by atomic mass is 16.5. The van der Waals surface area contributed by atoms with E-state index in [1.807, 2.05) is 30.3 Å². The van der Waals surface area contributed by atoms with Crippen LogP contribution < -0.4 is 5.73 Å². The fraction of sp³-hybridized carbons (Fsp3) is 0.250. The summed E-state index contributed by atoms with van der Waals surface area (Å²) in [4.78, 5) is 11.3. The molecule has 0 spiro atoms. The van der Waals surface area contributed by atoms with Crippen molar-refractivity contribution in [1.82, 2.24) is 0 Å². The van der Waals surface area contributed by atoms with Crippen molar-refractivity contribution in [1.29, 1.82) is 0 Å². The molecule has 0 amide bonds. The lowest BCUT2D eigenvalue weighted by molar-refractivity contribution is -0.146. The Hall–Kier alpha value is -1.61. The molecule has 0 bridgehead atoms. The normalized spacial score (nSPS) is 11.8. The van der Waals surface area contributed by atoms with Gasteiger partial charge in [0.25, 0.3) is 0 Å². The van der Waals surface area contributed by atoms with Gasteiger partial charge in [0.05, 0.1) is 0 Å². The summed E-state index contributed by atoms with van der Waals surface area (Å²) in [6, 6.07) is 8.89. The first-order valence-corrected chi connectivity index (χ1v) is 4.81. The minimum atomic E-state index is -0.605. The van der Waals surface area contributed by atoms with Crippen molar-refractivity contribution in [2.45, 2.75) is 19.1 Å². The molecule has 0 aromatic heterocycles. The van der Waals surface area contributed by atoms with Crippen molar-refractivity contribution in [3.8, 4) is 0 Å². The minimum absolute atomic E-state index is 0.268. The number of ether oxygens (including phenoxy) is 1. The van der Waals surface area contributed by atoms with Gasteiger partial charge < -0.3 is 10.5 Å². The Balaban J connectivity index is 2.37. The molecule has 1 rings (SSSR count). The Morgan fingerprint density at radius 1 is 1.47 bits per heavy atom. The van der Waals surface area contributed by atoms with Crippen LogP contribution in [0.1, 0.15) is 12.0 Å². The van der Waals surface area contributed by atoms with E-state index in [2.05, 4.69) is 6.58 Å². The SMILES string of the molecule is C=CC[C@H](N)C(=O)OCc1ccccc1. The van der Waals surface area contributed by atoms with Gasteiger partial charge in [-0.15, -0.1) is 6.58 Å². The number of carbonyl (C=O) groups is 1. The van der Waals surface area contributed by atoms with Crippen molar-refractivity contribution < 1.29 is 9.53 Å². The van der Waals surface area contributed by atoms with Crippen LogP contribution in [0.3, 0.4) is 0 Å². The molecule has 0 saturated carbocycles. The maximum atomic E-state index is 11.3. The molecular weight excluding hydrogens is 190 g/mol. The van der Waals surface area contributed by atoms with Gasteiger partial charge in [-0.3, -0.25) is 4.79 Å². The van der Waals surface area contributed by atoms with E-state index in [1.54, 1.807) is 6.08 Å². The fourth-order valence-electron chi connectivity index (χ4n) is 1.11. The van der Waals surface area contributed by atoms with Crippen molar-refractivity contribution in [3.05, 3.63) is 48.6 Å². The second kappa shape index (κ2) is 5.98. The van der Waals surface area contributed by atoms with Gasteiger partial charge in [0, 0.05) is 0 Å². The predicted octanol–water partition coefficient (Wildman–Crippen LogP) is 1.63. The first-order valence-electron chi connectivity index (χ1n) is 4.81. The molecule has 0 unspecified atom stereocenters. The molecule has 3 nitrogen and oxygen atoms in total. The first kappa shape index (κ1) is 11.5. The summed E-state index contributed by atoms with van der Waals surface area (Å²) in [5.41, 5.74) is 6.50. The Labute approximate surface area is 89.5 Å². The zero-order chi connectivity index (χ0) is 11.1. The summed E-state index contributed by atoms with van der Waals surface area (Å²) in [5.74, 6) is -0.390. The van der Waals surface area contributed by atoms with Crippen LogP contribution in [0.2, 0.25) is 0 Å². The summed E-state index contributed by atoms with van der Waals surface area (Å²) >= 11 is 0. The number of esters is 1. The smallest absolute Gasteiger partial charge is 0.323 e. The monoisotopic (exact) mass is 205 g/mol. The van der Waals surface area contributed by atoms with Gasteiger partial charge in [-0.05, 0) is 12.0 Å². The number of rotatable bonds is 5. The lowest BCUT2D eigenvalue weighted by atomic mass is 10.2. The summed E-state index contributed by atoms with van der Waals surface area (Å²) in [7, 11) is 0. The van der Waals surface area contributed by atoms with Crippen LogP contribution in [-0.4, -0.2) is 12.0 Å². The van der Waals surface area contributed by atoms with Gasteiger partial charge in [-0.1, -0.05) is 36.4 Å². The van der Waals surface area contributed by atoms with E-state index in [4.69, 9.17) is 10.5 Å². The van der Waals surface area contributed by atoms with Crippen LogP contribution in [0.5, 0.6) is 0 Å². The summed E-state index contributed by atoms with van der Waals surface area (Å²) in [6.07, 6.45) is 2.04. The molecule has 2 N–H and O–H groups in total. The van der Waals surface area contributed by atoms with Gasteiger partial charge in [-0.2, -0.15) is 0 Å². The van der Waals surface area contributed by atoms with Crippen molar-refractivity contribution >= 4 is 5.97 Å². The third kappa shape index (κ3) is 3.95. The highest BCUT2D eigenvalue weighted by molar-refractivity contribution is 5.75. The van der Waals surface area contributed by atoms with E-state index in [9.17, 15) is 4.79 Å². The van der Waals surface area contributed by atoms with Crippen molar-refractivity contribution in [3.63, 3.8) is 0 Å². The number of carbonyl (C=O) groups excluding carboxylic acids is 1. The van der Waals surface area contributed by atoms with E-state index in [0.717, 1.165) is 5.56 Å². The highest BCUT2D eigenvalue weighted by Crippen LogP contribution is 2.02. The average molecular weight is 205 g/mol. The van der Waals surface area contributed by atoms with Crippen molar-refractivity contribution in [2.24, 2.45) is 5.73 Å². The average Bonchev–Trinajstić information content (AvgIpc) is 2.27. The van der Waals surface area contributed by atoms with E-state index in [-0.39, 0.29) is 6.61 Å². The van der Waals surface area contributed by atoms with Crippen LogP contribution in [0.25, 0.3) is 0 Å². The molecule has 1 aromatic rings. The largest absolute Gasteiger partial charge is 0.460 e. The van der Waals surface area contributed by atoms with E-state index in [1.165, 1.54) is 0 Å². The summed E-state index contributed by atoms with van der Waals surface area (Å²) < 4.78 is 5.03. The van der Waals surface area contributed by atoms with Crippen molar-refractivity contribution in [2.75, 3.05) is 0 Å². The fourth-order valence-corrected chi connectivity index (χ4v) is 1.11. The molecule has 1 aromatic carbocycles. The second-order valence-corrected chi connectivity index (χ2v) is 3.22. The van der Waals surface area contributed by atoms with E-state index in [0.29, 0.717) is 6.42 Å². The van der Waals surface area contributed by atoms with Gasteiger partial charge >= 0.3 is 5.97 Å². The predicted molar refractivity (Wildman–Crippen MR) is 59.0 cm³/mol. The summed E-state index contributed by atoms with van der Waals surface area (Å²) in [6.45, 7) is 3.78. The second-order valence-electron chi connectivity index (χ2n) is 3.22. The molecule has 80 valence electrons. The maximum Gasteiger partial charge on any atom is 0.323 e. The van der Waals surface area contributed by atoms with E-state index >= 15 is 0 Å². The van der Waals surface area contributed by atoms with Crippen LogP contribution in [0.15, 0.2) is 43.0 Å². The molecule has 0 aliphatic heterocycles. The molecule has 3 heteroatoms. The molecule has 0 aliphatic rings.